The molecule has 1 aromatic rings. The van der Waals surface area contributed by atoms with Gasteiger partial charge in [0.05, 0.1) is 13.2 Å². The Kier molecular flexibility index (Phi) is 3.59. The molecule has 0 aliphatic carbocycles. The van der Waals surface area contributed by atoms with Crippen LogP contribution in [0.1, 0.15) is 37.3 Å². The Morgan fingerprint density at radius 2 is 2.16 bits per heavy atom. The Hall–Kier alpha value is -1.48. The number of hydrogen-bond donors (Lipinski definition) is 1. The highest BCUT2D eigenvalue weighted by atomic mass is 16.5. The SMILES string of the molecule is C=C[C@@H]1C[C@@H](O)C(C)(C)Oc2cc(C)c(OC)cc21. The van der Waals surface area contributed by atoms with E-state index in [9.17, 15) is 5.11 Å². The van der Waals surface area contributed by atoms with E-state index in [4.69, 9.17) is 9.47 Å². The molecular formula is C16H22O3. The van der Waals surface area contributed by atoms with E-state index in [2.05, 4.69) is 6.58 Å². The molecule has 0 spiro atoms. The third-order valence-electron chi connectivity index (χ3n) is 3.86. The van der Waals surface area contributed by atoms with Crippen molar-refractivity contribution in [1.29, 1.82) is 0 Å². The Bertz CT molecular complexity index is 491. The quantitative estimate of drug-likeness (QED) is 0.832. The molecule has 0 fully saturated rings. The van der Waals surface area contributed by atoms with Gasteiger partial charge in [-0.15, -0.1) is 6.58 Å². The standard InChI is InChI=1S/C16H22O3/c1-6-11-8-15(17)16(3,4)19-14-7-10(2)13(18-5)9-12(11)14/h6-7,9,11,15,17H,1,8H2,2-5H3/t11-,15-/m1/s1. The first kappa shape index (κ1) is 13.9. The van der Waals surface area contributed by atoms with E-state index in [0.29, 0.717) is 6.42 Å². The molecule has 0 saturated heterocycles. The van der Waals surface area contributed by atoms with E-state index < -0.39 is 11.7 Å². The lowest BCUT2D eigenvalue weighted by atomic mass is 9.88. The zero-order valence-electron chi connectivity index (χ0n) is 12.1. The lowest BCUT2D eigenvalue weighted by molar-refractivity contribution is -0.0273. The predicted molar refractivity (Wildman–Crippen MR) is 76.0 cm³/mol. The Morgan fingerprint density at radius 3 is 2.74 bits per heavy atom. The number of benzene rings is 1. The third-order valence-corrected chi connectivity index (χ3v) is 3.86. The number of aryl methyl sites for hydroxylation is 1. The highest BCUT2D eigenvalue weighted by Crippen LogP contribution is 2.42. The number of fused-ring (bicyclic) bond motifs is 1. The summed E-state index contributed by atoms with van der Waals surface area (Å²) >= 11 is 0. The molecular weight excluding hydrogens is 240 g/mol. The zero-order valence-corrected chi connectivity index (χ0v) is 12.1. The third kappa shape index (κ3) is 2.47. The number of allylic oxidation sites excluding steroid dienone is 1. The maximum atomic E-state index is 10.3. The van der Waals surface area contributed by atoms with E-state index >= 15 is 0 Å². The summed E-state index contributed by atoms with van der Waals surface area (Å²) < 4.78 is 11.4. The average molecular weight is 262 g/mol. The fourth-order valence-corrected chi connectivity index (χ4v) is 2.50. The largest absolute Gasteiger partial charge is 0.496 e. The van der Waals surface area contributed by atoms with Crippen LogP contribution in [0.3, 0.4) is 0 Å². The molecule has 1 aliphatic rings. The van der Waals surface area contributed by atoms with Gasteiger partial charge in [-0.2, -0.15) is 0 Å². The minimum absolute atomic E-state index is 0.0706. The van der Waals surface area contributed by atoms with Crippen molar-refractivity contribution in [2.24, 2.45) is 0 Å². The van der Waals surface area contributed by atoms with Gasteiger partial charge in [-0.1, -0.05) is 6.08 Å². The number of methoxy groups -OCH3 is 1. The van der Waals surface area contributed by atoms with Crippen LogP contribution in [-0.4, -0.2) is 23.9 Å². The second kappa shape index (κ2) is 4.89. The van der Waals surface area contributed by atoms with Gasteiger partial charge < -0.3 is 14.6 Å². The molecule has 3 nitrogen and oxygen atoms in total. The van der Waals surface area contributed by atoms with Crippen LogP contribution in [0.5, 0.6) is 11.5 Å². The minimum atomic E-state index is -0.604. The van der Waals surface area contributed by atoms with Gasteiger partial charge in [-0.05, 0) is 44.9 Å². The van der Waals surface area contributed by atoms with Crippen molar-refractivity contribution in [1.82, 2.24) is 0 Å². The Morgan fingerprint density at radius 1 is 1.47 bits per heavy atom. The predicted octanol–water partition coefficient (Wildman–Crippen LogP) is 3.20. The van der Waals surface area contributed by atoms with Crippen LogP contribution < -0.4 is 9.47 Å². The number of ether oxygens (including phenoxy) is 2. The van der Waals surface area contributed by atoms with Gasteiger partial charge in [0.2, 0.25) is 0 Å². The maximum Gasteiger partial charge on any atom is 0.129 e. The van der Waals surface area contributed by atoms with E-state index in [-0.39, 0.29) is 5.92 Å². The molecule has 0 amide bonds. The Labute approximate surface area is 114 Å². The molecule has 1 heterocycles. The summed E-state index contributed by atoms with van der Waals surface area (Å²) in [5.74, 6) is 1.72. The van der Waals surface area contributed by atoms with Gasteiger partial charge in [0.25, 0.3) is 0 Å². The van der Waals surface area contributed by atoms with Crippen LogP contribution in [0, 0.1) is 6.92 Å². The molecule has 0 aromatic heterocycles. The summed E-state index contributed by atoms with van der Waals surface area (Å²) in [6.07, 6.45) is 1.94. The van der Waals surface area contributed by atoms with E-state index in [0.717, 1.165) is 22.6 Å². The molecule has 0 bridgehead atoms. The minimum Gasteiger partial charge on any atom is -0.496 e. The molecule has 1 N–H and O–H groups in total. The molecule has 3 heteroatoms. The second-order valence-electron chi connectivity index (χ2n) is 5.66. The highest BCUT2D eigenvalue weighted by molar-refractivity contribution is 5.49. The number of aliphatic hydroxyl groups is 1. The van der Waals surface area contributed by atoms with Gasteiger partial charge in [0.1, 0.15) is 17.1 Å². The summed E-state index contributed by atoms with van der Waals surface area (Å²) in [7, 11) is 1.66. The summed E-state index contributed by atoms with van der Waals surface area (Å²) in [5.41, 5.74) is 1.45. The number of hydrogen-bond acceptors (Lipinski definition) is 3. The van der Waals surface area contributed by atoms with Crippen molar-refractivity contribution in [2.75, 3.05) is 7.11 Å². The first-order valence-corrected chi connectivity index (χ1v) is 6.57. The van der Waals surface area contributed by atoms with E-state index in [1.165, 1.54) is 0 Å². The van der Waals surface area contributed by atoms with Crippen molar-refractivity contribution in [3.8, 4) is 11.5 Å². The number of rotatable bonds is 2. The highest BCUT2D eigenvalue weighted by Gasteiger charge is 2.36. The molecule has 0 saturated carbocycles. The maximum absolute atomic E-state index is 10.3. The van der Waals surface area contributed by atoms with Crippen molar-refractivity contribution in [3.05, 3.63) is 35.9 Å². The van der Waals surface area contributed by atoms with Gasteiger partial charge in [0.15, 0.2) is 0 Å². The van der Waals surface area contributed by atoms with Crippen molar-refractivity contribution in [3.63, 3.8) is 0 Å². The van der Waals surface area contributed by atoms with Gasteiger partial charge in [-0.25, -0.2) is 0 Å². The van der Waals surface area contributed by atoms with Crippen molar-refractivity contribution >= 4 is 0 Å². The molecule has 19 heavy (non-hydrogen) atoms. The molecule has 0 radical (unpaired) electrons. The second-order valence-corrected chi connectivity index (χ2v) is 5.66. The van der Waals surface area contributed by atoms with Gasteiger partial charge in [0, 0.05) is 11.5 Å². The van der Waals surface area contributed by atoms with Crippen LogP contribution in [0.25, 0.3) is 0 Å². The fourth-order valence-electron chi connectivity index (χ4n) is 2.50. The molecule has 2 rings (SSSR count). The zero-order chi connectivity index (χ0) is 14.2. The first-order valence-electron chi connectivity index (χ1n) is 6.57. The van der Waals surface area contributed by atoms with E-state index in [1.807, 2.05) is 39.0 Å². The smallest absolute Gasteiger partial charge is 0.129 e. The van der Waals surface area contributed by atoms with Gasteiger partial charge in [-0.3, -0.25) is 0 Å². The van der Waals surface area contributed by atoms with Crippen LogP contribution in [0.15, 0.2) is 24.8 Å². The van der Waals surface area contributed by atoms with Crippen molar-refractivity contribution in [2.45, 2.75) is 44.8 Å². The molecule has 0 unspecified atom stereocenters. The fraction of sp³-hybridized carbons (Fsp3) is 0.500. The monoisotopic (exact) mass is 262 g/mol. The van der Waals surface area contributed by atoms with Crippen molar-refractivity contribution < 1.29 is 14.6 Å². The van der Waals surface area contributed by atoms with Crippen LogP contribution in [0.2, 0.25) is 0 Å². The van der Waals surface area contributed by atoms with E-state index in [1.54, 1.807) is 7.11 Å². The lowest BCUT2D eigenvalue weighted by Gasteiger charge is -2.29. The molecule has 1 aliphatic heterocycles. The topological polar surface area (TPSA) is 38.7 Å². The van der Waals surface area contributed by atoms with Crippen LogP contribution >= 0.6 is 0 Å². The summed E-state index contributed by atoms with van der Waals surface area (Å²) in [5, 5.41) is 10.3. The summed E-state index contributed by atoms with van der Waals surface area (Å²) in [6.45, 7) is 9.68. The Balaban J connectivity index is 2.57. The average Bonchev–Trinajstić information content (AvgIpc) is 2.44. The summed E-state index contributed by atoms with van der Waals surface area (Å²) in [4.78, 5) is 0. The summed E-state index contributed by atoms with van der Waals surface area (Å²) in [6, 6.07) is 3.97. The molecule has 1 aromatic carbocycles. The molecule has 2 atom stereocenters. The van der Waals surface area contributed by atoms with Crippen LogP contribution in [-0.2, 0) is 0 Å². The van der Waals surface area contributed by atoms with Crippen LogP contribution in [0.4, 0.5) is 0 Å². The molecule has 104 valence electrons. The normalized spacial score (nSPS) is 24.9. The van der Waals surface area contributed by atoms with Gasteiger partial charge >= 0.3 is 0 Å². The number of aliphatic hydroxyl groups excluding tert-OH is 1. The first-order chi connectivity index (χ1) is 8.89. The lowest BCUT2D eigenvalue weighted by Crippen LogP contribution is -2.41.